The summed E-state index contributed by atoms with van der Waals surface area (Å²) in [5.41, 5.74) is 2.97. The Labute approximate surface area is 186 Å². The van der Waals surface area contributed by atoms with Gasteiger partial charge in [-0.2, -0.15) is 0 Å². The zero-order chi connectivity index (χ0) is 22.4. The number of carbonyl (C=O) groups excluding carboxylic acids is 1. The molecule has 0 bridgehead atoms. The second kappa shape index (κ2) is 10.3. The molecule has 2 aromatic rings. The summed E-state index contributed by atoms with van der Waals surface area (Å²) in [5.74, 6) is -0.952. The molecule has 2 aromatic carbocycles. The lowest BCUT2D eigenvalue weighted by Gasteiger charge is -2.12. The SMILES string of the molecule is O=C(O)CCCCNC(=O)Cc1ccc2c(c1)CC(NS(=O)(=O)c1ccc(Cl)cc1)C2. The highest BCUT2D eigenvalue weighted by Gasteiger charge is 2.26. The van der Waals surface area contributed by atoms with E-state index in [-0.39, 0.29) is 29.7 Å². The Bertz CT molecular complexity index is 1050. The number of amides is 1. The van der Waals surface area contributed by atoms with Crippen molar-refractivity contribution in [2.24, 2.45) is 0 Å². The quantitative estimate of drug-likeness (QED) is 0.468. The second-order valence-electron chi connectivity index (χ2n) is 7.66. The molecule has 0 saturated heterocycles. The third kappa shape index (κ3) is 6.78. The zero-order valence-electron chi connectivity index (χ0n) is 16.9. The molecule has 0 heterocycles. The number of unbranched alkanes of at least 4 members (excludes halogenated alkanes) is 1. The van der Waals surface area contributed by atoms with Gasteiger partial charge in [0.25, 0.3) is 0 Å². The molecule has 0 aliphatic heterocycles. The molecule has 1 atom stereocenters. The summed E-state index contributed by atoms with van der Waals surface area (Å²) in [6.45, 7) is 0.450. The highest BCUT2D eigenvalue weighted by Crippen LogP contribution is 2.25. The first-order chi connectivity index (χ1) is 14.7. The summed E-state index contributed by atoms with van der Waals surface area (Å²) < 4.78 is 28.0. The van der Waals surface area contributed by atoms with Crippen molar-refractivity contribution in [2.45, 2.75) is 49.5 Å². The molecular formula is C22H25ClN2O5S. The average molecular weight is 465 g/mol. The summed E-state index contributed by atoms with van der Waals surface area (Å²) in [6.07, 6.45) is 2.64. The van der Waals surface area contributed by atoms with Crippen LogP contribution in [0, 0.1) is 0 Å². The molecular weight excluding hydrogens is 440 g/mol. The van der Waals surface area contributed by atoms with Gasteiger partial charge in [0.1, 0.15) is 0 Å². The molecule has 0 aromatic heterocycles. The van der Waals surface area contributed by atoms with Crippen molar-refractivity contribution in [3.63, 3.8) is 0 Å². The zero-order valence-corrected chi connectivity index (χ0v) is 18.5. The molecule has 3 N–H and O–H groups in total. The van der Waals surface area contributed by atoms with Gasteiger partial charge in [-0.25, -0.2) is 13.1 Å². The third-order valence-corrected chi connectivity index (χ3v) is 6.94. The first-order valence-electron chi connectivity index (χ1n) is 10.1. The fraction of sp³-hybridized carbons (Fsp3) is 0.364. The van der Waals surface area contributed by atoms with E-state index in [2.05, 4.69) is 10.0 Å². The number of hydrogen-bond acceptors (Lipinski definition) is 4. The predicted octanol–water partition coefficient (Wildman–Crippen LogP) is 2.70. The molecule has 0 fully saturated rings. The van der Waals surface area contributed by atoms with E-state index in [0.717, 1.165) is 16.7 Å². The Morgan fingerprint density at radius 1 is 1.03 bits per heavy atom. The lowest BCUT2D eigenvalue weighted by Crippen LogP contribution is -2.35. The van der Waals surface area contributed by atoms with Gasteiger partial charge in [-0.05, 0) is 66.6 Å². The van der Waals surface area contributed by atoms with Crippen LogP contribution in [0.4, 0.5) is 0 Å². The van der Waals surface area contributed by atoms with Crippen molar-refractivity contribution in [1.29, 1.82) is 0 Å². The number of carbonyl (C=O) groups is 2. The van der Waals surface area contributed by atoms with Crippen LogP contribution in [0.25, 0.3) is 0 Å². The van der Waals surface area contributed by atoms with Crippen molar-refractivity contribution in [2.75, 3.05) is 6.54 Å². The van der Waals surface area contributed by atoms with Gasteiger partial charge in [0, 0.05) is 24.0 Å². The molecule has 0 radical (unpaired) electrons. The van der Waals surface area contributed by atoms with E-state index in [4.69, 9.17) is 16.7 Å². The molecule has 1 unspecified atom stereocenters. The van der Waals surface area contributed by atoms with Crippen LogP contribution in [0.5, 0.6) is 0 Å². The maximum atomic E-state index is 12.6. The van der Waals surface area contributed by atoms with Gasteiger partial charge in [0.05, 0.1) is 11.3 Å². The van der Waals surface area contributed by atoms with Gasteiger partial charge in [0.2, 0.25) is 15.9 Å². The van der Waals surface area contributed by atoms with Gasteiger partial charge in [-0.3, -0.25) is 9.59 Å². The predicted molar refractivity (Wildman–Crippen MR) is 118 cm³/mol. The van der Waals surface area contributed by atoms with Gasteiger partial charge in [-0.15, -0.1) is 0 Å². The molecule has 31 heavy (non-hydrogen) atoms. The summed E-state index contributed by atoms with van der Waals surface area (Å²) in [7, 11) is -3.64. The lowest BCUT2D eigenvalue weighted by atomic mass is 10.0. The average Bonchev–Trinajstić information content (AvgIpc) is 3.08. The van der Waals surface area contributed by atoms with E-state index < -0.39 is 16.0 Å². The van der Waals surface area contributed by atoms with E-state index in [0.29, 0.717) is 37.3 Å². The number of carboxylic acids is 1. The maximum absolute atomic E-state index is 12.6. The van der Waals surface area contributed by atoms with Crippen LogP contribution in [0.2, 0.25) is 5.02 Å². The molecule has 3 rings (SSSR count). The molecule has 0 spiro atoms. The van der Waals surface area contributed by atoms with Gasteiger partial charge in [0.15, 0.2) is 0 Å². The molecule has 0 saturated carbocycles. The van der Waals surface area contributed by atoms with Crippen LogP contribution >= 0.6 is 11.6 Å². The number of aliphatic carboxylic acids is 1. The summed E-state index contributed by atoms with van der Waals surface area (Å²) in [5, 5.41) is 11.9. The Morgan fingerprint density at radius 3 is 2.45 bits per heavy atom. The molecule has 7 nitrogen and oxygen atoms in total. The normalized spacial score (nSPS) is 15.5. The standard InChI is InChI=1S/C22H25ClN2O5S/c23-18-6-8-20(9-7-18)31(29,30)25-19-13-16-5-4-15(11-17(16)14-19)12-21(26)24-10-2-1-3-22(27)28/h4-9,11,19,25H,1-3,10,12-14H2,(H,24,26)(H,27,28). The maximum Gasteiger partial charge on any atom is 0.303 e. The number of nitrogens with one attached hydrogen (secondary N) is 2. The molecule has 1 amide bonds. The highest BCUT2D eigenvalue weighted by molar-refractivity contribution is 7.89. The number of rotatable bonds is 10. The first kappa shape index (κ1) is 23.2. The molecule has 1 aliphatic carbocycles. The molecule has 9 heteroatoms. The first-order valence-corrected chi connectivity index (χ1v) is 12.0. The van der Waals surface area contributed by atoms with Crippen molar-refractivity contribution < 1.29 is 23.1 Å². The third-order valence-electron chi connectivity index (χ3n) is 5.15. The van der Waals surface area contributed by atoms with E-state index in [1.165, 1.54) is 12.1 Å². The van der Waals surface area contributed by atoms with Crippen molar-refractivity contribution in [3.05, 3.63) is 64.2 Å². The van der Waals surface area contributed by atoms with E-state index in [1.54, 1.807) is 12.1 Å². The minimum atomic E-state index is -3.64. The van der Waals surface area contributed by atoms with E-state index in [1.807, 2.05) is 18.2 Å². The summed E-state index contributed by atoms with van der Waals surface area (Å²) in [4.78, 5) is 22.8. The smallest absolute Gasteiger partial charge is 0.303 e. The van der Waals surface area contributed by atoms with Gasteiger partial charge in [-0.1, -0.05) is 29.8 Å². The van der Waals surface area contributed by atoms with Crippen LogP contribution in [-0.2, 0) is 38.9 Å². The molecule has 1 aliphatic rings. The Hall–Kier alpha value is -2.42. The van der Waals surface area contributed by atoms with Crippen LogP contribution in [-0.4, -0.2) is 38.0 Å². The molecule has 166 valence electrons. The lowest BCUT2D eigenvalue weighted by molar-refractivity contribution is -0.137. The van der Waals surface area contributed by atoms with Crippen LogP contribution < -0.4 is 10.0 Å². The highest BCUT2D eigenvalue weighted by atomic mass is 35.5. The number of benzene rings is 2. The largest absolute Gasteiger partial charge is 0.481 e. The van der Waals surface area contributed by atoms with Gasteiger partial charge < -0.3 is 10.4 Å². The summed E-state index contributed by atoms with van der Waals surface area (Å²) >= 11 is 5.83. The van der Waals surface area contributed by atoms with Crippen molar-refractivity contribution in [3.8, 4) is 0 Å². The van der Waals surface area contributed by atoms with E-state index in [9.17, 15) is 18.0 Å². The van der Waals surface area contributed by atoms with E-state index >= 15 is 0 Å². The number of carboxylic acid groups (broad SMARTS) is 1. The fourth-order valence-corrected chi connectivity index (χ4v) is 5.00. The topological polar surface area (TPSA) is 113 Å². The van der Waals surface area contributed by atoms with Gasteiger partial charge >= 0.3 is 5.97 Å². The van der Waals surface area contributed by atoms with Crippen molar-refractivity contribution >= 4 is 33.5 Å². The van der Waals surface area contributed by atoms with Crippen LogP contribution in [0.3, 0.4) is 0 Å². The Kier molecular flexibility index (Phi) is 7.69. The van der Waals surface area contributed by atoms with Crippen molar-refractivity contribution in [1.82, 2.24) is 10.0 Å². The monoisotopic (exact) mass is 464 g/mol. The number of fused-ring (bicyclic) bond motifs is 1. The number of halogens is 1. The Balaban J connectivity index is 1.52. The minimum absolute atomic E-state index is 0.101. The fourth-order valence-electron chi connectivity index (χ4n) is 3.64. The van der Waals surface area contributed by atoms with Crippen LogP contribution in [0.1, 0.15) is 36.0 Å². The second-order valence-corrected chi connectivity index (χ2v) is 9.81. The minimum Gasteiger partial charge on any atom is -0.481 e. The summed E-state index contributed by atoms with van der Waals surface area (Å²) in [6, 6.07) is 11.6. The van der Waals surface area contributed by atoms with Crippen LogP contribution in [0.15, 0.2) is 47.4 Å². The number of sulfonamides is 1. The number of hydrogen-bond donors (Lipinski definition) is 3. The Morgan fingerprint density at radius 2 is 1.74 bits per heavy atom.